The van der Waals surface area contributed by atoms with Gasteiger partial charge >= 0.3 is 0 Å². The van der Waals surface area contributed by atoms with Crippen LogP contribution in [-0.4, -0.2) is 20.3 Å². The van der Waals surface area contributed by atoms with E-state index in [9.17, 15) is 0 Å². The zero-order chi connectivity index (χ0) is 15.5. The molecule has 1 rings (SSSR count). The van der Waals surface area contributed by atoms with Gasteiger partial charge in [-0.05, 0) is 73.3 Å². The Hall–Kier alpha value is -1.00. The van der Waals surface area contributed by atoms with E-state index in [-0.39, 0.29) is 0 Å². The molecule has 0 saturated heterocycles. The van der Waals surface area contributed by atoms with Gasteiger partial charge in [-0.3, -0.25) is 0 Å². The quantitative estimate of drug-likeness (QED) is 0.461. The topological polar surface area (TPSA) is 30.5 Å². The van der Waals surface area contributed by atoms with Crippen LogP contribution in [0, 0.1) is 0 Å². The molecule has 21 heavy (non-hydrogen) atoms. The highest BCUT2D eigenvalue weighted by Crippen LogP contribution is 2.37. The van der Waals surface area contributed by atoms with Crippen molar-refractivity contribution in [3.05, 3.63) is 34.8 Å². The molecule has 1 aromatic carbocycles. The number of halogens is 1. The molecule has 0 radical (unpaired) electrons. The lowest BCUT2D eigenvalue weighted by Crippen LogP contribution is -2.07. The highest BCUT2D eigenvalue weighted by Gasteiger charge is 2.12. The maximum Gasteiger partial charge on any atom is 0.175 e. The molecule has 0 spiro atoms. The summed E-state index contributed by atoms with van der Waals surface area (Å²) in [7, 11) is 1.93. The smallest absolute Gasteiger partial charge is 0.175 e. The van der Waals surface area contributed by atoms with Crippen molar-refractivity contribution in [2.24, 2.45) is 0 Å². The van der Waals surface area contributed by atoms with Gasteiger partial charge in [-0.15, -0.1) is 6.58 Å². The Morgan fingerprint density at radius 1 is 1.24 bits per heavy atom. The summed E-state index contributed by atoms with van der Waals surface area (Å²) in [5.74, 6) is 1.61. The lowest BCUT2D eigenvalue weighted by Gasteiger charge is -2.15. The SMILES string of the molecule is C=CCCCCCOc1c(Br)cc(CNC)cc1OCC. The van der Waals surface area contributed by atoms with Gasteiger partial charge in [0.2, 0.25) is 0 Å². The summed E-state index contributed by atoms with van der Waals surface area (Å²) >= 11 is 3.59. The average Bonchev–Trinajstić information content (AvgIpc) is 2.45. The first-order chi connectivity index (χ1) is 10.2. The van der Waals surface area contributed by atoms with Gasteiger partial charge in [-0.2, -0.15) is 0 Å². The zero-order valence-electron chi connectivity index (χ0n) is 13.1. The molecule has 0 aliphatic heterocycles. The molecule has 0 amide bonds. The van der Waals surface area contributed by atoms with Crippen LogP contribution in [0.25, 0.3) is 0 Å². The van der Waals surface area contributed by atoms with E-state index in [0.717, 1.165) is 41.8 Å². The van der Waals surface area contributed by atoms with E-state index in [1.165, 1.54) is 12.0 Å². The predicted octanol–water partition coefficient (Wildman–Crippen LogP) is 4.69. The predicted molar refractivity (Wildman–Crippen MR) is 92.2 cm³/mol. The van der Waals surface area contributed by atoms with Crippen LogP contribution in [0.1, 0.15) is 38.2 Å². The van der Waals surface area contributed by atoms with Crippen molar-refractivity contribution < 1.29 is 9.47 Å². The first-order valence-electron chi connectivity index (χ1n) is 7.56. The first-order valence-corrected chi connectivity index (χ1v) is 8.35. The van der Waals surface area contributed by atoms with E-state index in [1.54, 1.807) is 0 Å². The van der Waals surface area contributed by atoms with Gasteiger partial charge in [0.1, 0.15) is 0 Å². The molecule has 0 aliphatic carbocycles. The highest BCUT2D eigenvalue weighted by atomic mass is 79.9. The maximum absolute atomic E-state index is 5.92. The molecule has 0 atom stereocenters. The van der Waals surface area contributed by atoms with Crippen LogP contribution < -0.4 is 14.8 Å². The fourth-order valence-electron chi connectivity index (χ4n) is 2.07. The molecular weight excluding hydrogens is 330 g/mol. The lowest BCUT2D eigenvalue weighted by molar-refractivity contribution is 0.269. The van der Waals surface area contributed by atoms with Crippen LogP contribution in [0.15, 0.2) is 29.3 Å². The number of unbranched alkanes of at least 4 members (excludes halogenated alkanes) is 3. The Morgan fingerprint density at radius 2 is 2.05 bits per heavy atom. The Labute approximate surface area is 136 Å². The fraction of sp³-hybridized carbons (Fsp3) is 0.529. The summed E-state index contributed by atoms with van der Waals surface area (Å²) in [5, 5.41) is 3.15. The van der Waals surface area contributed by atoms with Gasteiger partial charge in [0.05, 0.1) is 17.7 Å². The van der Waals surface area contributed by atoms with Crippen LogP contribution in [0.3, 0.4) is 0 Å². The van der Waals surface area contributed by atoms with Crippen LogP contribution >= 0.6 is 15.9 Å². The molecule has 0 unspecified atom stereocenters. The summed E-state index contributed by atoms with van der Waals surface area (Å²) in [6.45, 7) is 7.86. The maximum atomic E-state index is 5.92. The Bertz CT molecular complexity index is 435. The van der Waals surface area contributed by atoms with E-state index < -0.39 is 0 Å². The molecule has 0 fully saturated rings. The van der Waals surface area contributed by atoms with Crippen molar-refractivity contribution in [1.82, 2.24) is 5.32 Å². The fourth-order valence-corrected chi connectivity index (χ4v) is 2.68. The lowest BCUT2D eigenvalue weighted by atomic mass is 10.2. The highest BCUT2D eigenvalue weighted by molar-refractivity contribution is 9.10. The Kier molecular flexibility index (Phi) is 9.19. The molecule has 0 heterocycles. The first kappa shape index (κ1) is 18.1. The van der Waals surface area contributed by atoms with Gasteiger partial charge in [0.15, 0.2) is 11.5 Å². The normalized spacial score (nSPS) is 10.4. The number of nitrogens with one attached hydrogen (secondary N) is 1. The second-order valence-electron chi connectivity index (χ2n) is 4.85. The molecular formula is C17H26BrNO2. The second-order valence-corrected chi connectivity index (χ2v) is 5.71. The van der Waals surface area contributed by atoms with Gasteiger partial charge in [-0.25, -0.2) is 0 Å². The average molecular weight is 356 g/mol. The van der Waals surface area contributed by atoms with Gasteiger partial charge in [0, 0.05) is 6.54 Å². The summed E-state index contributed by atoms with van der Waals surface area (Å²) in [5.41, 5.74) is 1.17. The third-order valence-corrected chi connectivity index (χ3v) is 3.64. The minimum atomic E-state index is 0.630. The molecule has 1 aromatic rings. The van der Waals surface area contributed by atoms with Crippen molar-refractivity contribution in [2.45, 2.75) is 39.2 Å². The molecule has 1 N–H and O–H groups in total. The van der Waals surface area contributed by atoms with Crippen LogP contribution in [-0.2, 0) is 6.54 Å². The molecule has 118 valence electrons. The van der Waals surface area contributed by atoms with E-state index in [4.69, 9.17) is 9.47 Å². The minimum absolute atomic E-state index is 0.630. The van der Waals surface area contributed by atoms with E-state index in [0.29, 0.717) is 13.2 Å². The Morgan fingerprint density at radius 3 is 2.71 bits per heavy atom. The monoisotopic (exact) mass is 355 g/mol. The summed E-state index contributed by atoms with van der Waals surface area (Å²) in [4.78, 5) is 0. The summed E-state index contributed by atoms with van der Waals surface area (Å²) < 4.78 is 12.6. The summed E-state index contributed by atoms with van der Waals surface area (Å²) in [6, 6.07) is 4.11. The van der Waals surface area contributed by atoms with E-state index in [2.05, 4.69) is 33.9 Å². The number of ether oxygens (including phenoxy) is 2. The van der Waals surface area contributed by atoms with Crippen LogP contribution in [0.2, 0.25) is 0 Å². The van der Waals surface area contributed by atoms with Crippen molar-refractivity contribution in [1.29, 1.82) is 0 Å². The standard InChI is InChI=1S/C17H26BrNO2/c1-4-6-7-8-9-10-21-17-15(18)11-14(13-19-3)12-16(17)20-5-2/h4,11-12,19H,1,5-10,13H2,2-3H3. The van der Waals surface area contributed by atoms with Gasteiger partial charge < -0.3 is 14.8 Å². The second kappa shape index (κ2) is 10.7. The minimum Gasteiger partial charge on any atom is -0.490 e. The van der Waals surface area contributed by atoms with Crippen molar-refractivity contribution in [2.75, 3.05) is 20.3 Å². The van der Waals surface area contributed by atoms with Crippen LogP contribution in [0.5, 0.6) is 11.5 Å². The number of benzene rings is 1. The largest absolute Gasteiger partial charge is 0.490 e. The van der Waals surface area contributed by atoms with Gasteiger partial charge in [-0.1, -0.05) is 6.08 Å². The van der Waals surface area contributed by atoms with Gasteiger partial charge in [0.25, 0.3) is 0 Å². The van der Waals surface area contributed by atoms with Crippen LogP contribution in [0.4, 0.5) is 0 Å². The van der Waals surface area contributed by atoms with Crippen molar-refractivity contribution >= 4 is 15.9 Å². The molecule has 0 saturated carbocycles. The number of rotatable bonds is 11. The number of hydrogen-bond donors (Lipinski definition) is 1. The molecule has 3 nitrogen and oxygen atoms in total. The van der Waals surface area contributed by atoms with Crippen molar-refractivity contribution in [3.8, 4) is 11.5 Å². The zero-order valence-corrected chi connectivity index (χ0v) is 14.7. The third kappa shape index (κ3) is 6.53. The molecule has 4 heteroatoms. The molecule has 0 aliphatic rings. The van der Waals surface area contributed by atoms with E-state index in [1.807, 2.05) is 26.1 Å². The number of hydrogen-bond acceptors (Lipinski definition) is 3. The summed E-state index contributed by atoms with van der Waals surface area (Å²) in [6.07, 6.45) is 6.42. The molecule has 0 bridgehead atoms. The number of allylic oxidation sites excluding steroid dienone is 1. The molecule has 0 aromatic heterocycles. The Balaban J connectivity index is 2.64. The van der Waals surface area contributed by atoms with E-state index >= 15 is 0 Å². The van der Waals surface area contributed by atoms with Crippen molar-refractivity contribution in [3.63, 3.8) is 0 Å². The third-order valence-electron chi connectivity index (χ3n) is 3.05.